The Morgan fingerprint density at radius 3 is 2.95 bits per heavy atom. The first-order chi connectivity index (χ1) is 9.50. The van der Waals surface area contributed by atoms with Crippen LogP contribution in [0.15, 0.2) is 11.6 Å². The first-order valence-corrected chi connectivity index (χ1v) is 7.25. The van der Waals surface area contributed by atoms with E-state index in [9.17, 15) is 18.3 Å². The fourth-order valence-corrected chi connectivity index (χ4v) is 3.39. The first-order valence-electron chi connectivity index (χ1n) is 6.37. The molecule has 0 radical (unpaired) electrons. The molecule has 3 heterocycles. The summed E-state index contributed by atoms with van der Waals surface area (Å²) in [5.41, 5.74) is 0.559. The maximum absolute atomic E-state index is 12.9. The van der Waals surface area contributed by atoms with Crippen molar-refractivity contribution >= 4 is 22.1 Å². The standard InChI is InChI=1S/C12H14F3N3OS/c13-12(14,15)8-2-1-3-17(6-8)10-9(7-19)18-4-5-20-11(18)16-10/h4-5,8,19H,1-3,6-7H2. The molecule has 20 heavy (non-hydrogen) atoms. The largest absolute Gasteiger partial charge is 0.393 e. The molecule has 2 aromatic rings. The van der Waals surface area contributed by atoms with Crippen LogP contribution in [0.4, 0.5) is 19.0 Å². The lowest BCUT2D eigenvalue weighted by atomic mass is 9.97. The maximum Gasteiger partial charge on any atom is 0.393 e. The summed E-state index contributed by atoms with van der Waals surface area (Å²) in [5, 5.41) is 11.3. The number of hydrogen-bond donors (Lipinski definition) is 1. The van der Waals surface area contributed by atoms with Crippen LogP contribution < -0.4 is 4.90 Å². The van der Waals surface area contributed by atoms with Crippen molar-refractivity contribution in [3.63, 3.8) is 0 Å². The van der Waals surface area contributed by atoms with Crippen molar-refractivity contribution in [3.05, 3.63) is 17.3 Å². The van der Waals surface area contributed by atoms with Crippen molar-refractivity contribution in [3.8, 4) is 0 Å². The second-order valence-electron chi connectivity index (χ2n) is 4.92. The van der Waals surface area contributed by atoms with Gasteiger partial charge in [0.25, 0.3) is 0 Å². The van der Waals surface area contributed by atoms with E-state index in [-0.39, 0.29) is 19.6 Å². The van der Waals surface area contributed by atoms with Gasteiger partial charge in [0, 0.05) is 24.7 Å². The minimum Gasteiger partial charge on any atom is -0.390 e. The number of aliphatic hydroxyl groups excluding tert-OH is 1. The molecule has 0 saturated carbocycles. The number of rotatable bonds is 2. The molecule has 1 fully saturated rings. The summed E-state index contributed by atoms with van der Waals surface area (Å²) in [5.74, 6) is -0.837. The van der Waals surface area contributed by atoms with E-state index in [1.165, 1.54) is 11.3 Å². The number of nitrogens with zero attached hydrogens (tertiary/aromatic N) is 3. The molecular formula is C12H14F3N3OS. The van der Waals surface area contributed by atoms with Crippen LogP contribution in [0.1, 0.15) is 18.5 Å². The second-order valence-corrected chi connectivity index (χ2v) is 5.80. The molecule has 8 heteroatoms. The quantitative estimate of drug-likeness (QED) is 0.927. The van der Waals surface area contributed by atoms with Gasteiger partial charge in [0.05, 0.1) is 18.2 Å². The number of alkyl halides is 3. The predicted molar refractivity (Wildman–Crippen MR) is 70.0 cm³/mol. The Balaban J connectivity index is 1.92. The molecule has 0 amide bonds. The molecule has 1 unspecified atom stereocenters. The minimum atomic E-state index is -4.17. The van der Waals surface area contributed by atoms with Crippen LogP contribution in [0, 0.1) is 5.92 Å². The number of aliphatic hydroxyl groups is 1. The number of imidazole rings is 1. The third-order valence-corrected chi connectivity index (χ3v) is 4.43. The van der Waals surface area contributed by atoms with Crippen molar-refractivity contribution in [2.24, 2.45) is 5.92 Å². The lowest BCUT2D eigenvalue weighted by molar-refractivity contribution is -0.176. The molecule has 1 saturated heterocycles. The van der Waals surface area contributed by atoms with Gasteiger partial charge in [-0.15, -0.1) is 11.3 Å². The summed E-state index contributed by atoms with van der Waals surface area (Å²) in [7, 11) is 0. The molecule has 0 aromatic carbocycles. The van der Waals surface area contributed by atoms with Gasteiger partial charge < -0.3 is 10.0 Å². The zero-order chi connectivity index (χ0) is 14.3. The van der Waals surface area contributed by atoms with Gasteiger partial charge in [0.15, 0.2) is 10.8 Å². The number of hydrogen-bond acceptors (Lipinski definition) is 4. The number of thiazole rings is 1. The molecule has 110 valence electrons. The van der Waals surface area contributed by atoms with E-state index >= 15 is 0 Å². The molecule has 4 nitrogen and oxygen atoms in total. The highest BCUT2D eigenvalue weighted by molar-refractivity contribution is 7.15. The van der Waals surface area contributed by atoms with Crippen molar-refractivity contribution in [2.45, 2.75) is 25.6 Å². The average molecular weight is 305 g/mol. The van der Waals surface area contributed by atoms with E-state index in [1.807, 2.05) is 5.38 Å². The third kappa shape index (κ3) is 2.26. The molecule has 0 spiro atoms. The number of aromatic nitrogens is 2. The number of fused-ring (bicyclic) bond motifs is 1. The molecule has 0 bridgehead atoms. The van der Waals surface area contributed by atoms with Gasteiger partial charge >= 0.3 is 6.18 Å². The number of anilines is 1. The molecule has 1 atom stereocenters. The smallest absolute Gasteiger partial charge is 0.390 e. The Kier molecular flexibility index (Phi) is 3.37. The van der Waals surface area contributed by atoms with E-state index in [2.05, 4.69) is 4.98 Å². The SMILES string of the molecule is OCc1c(N2CCCC(C(F)(F)F)C2)nc2sccn12. The van der Waals surface area contributed by atoms with Gasteiger partial charge in [-0.2, -0.15) is 13.2 Å². The third-order valence-electron chi connectivity index (χ3n) is 3.67. The summed E-state index contributed by atoms with van der Waals surface area (Å²) in [4.78, 5) is 6.70. The van der Waals surface area contributed by atoms with Crippen LogP contribution in [0.5, 0.6) is 0 Å². The van der Waals surface area contributed by atoms with Crippen LogP contribution >= 0.6 is 11.3 Å². The van der Waals surface area contributed by atoms with Gasteiger partial charge in [0.2, 0.25) is 0 Å². The second kappa shape index (κ2) is 4.92. The maximum atomic E-state index is 12.9. The molecular weight excluding hydrogens is 291 g/mol. The molecule has 2 aromatic heterocycles. The summed E-state index contributed by atoms with van der Waals surface area (Å²) in [6.07, 6.45) is -1.75. The number of halogens is 3. The number of piperidine rings is 1. The predicted octanol–water partition coefficient (Wildman–Crippen LogP) is 2.67. The van der Waals surface area contributed by atoms with Crippen LogP contribution in [-0.4, -0.2) is 33.8 Å². The topological polar surface area (TPSA) is 40.8 Å². The van der Waals surface area contributed by atoms with E-state index in [0.29, 0.717) is 29.4 Å². The van der Waals surface area contributed by atoms with Crippen LogP contribution in [-0.2, 0) is 6.61 Å². The summed E-state index contributed by atoms with van der Waals surface area (Å²) in [6.45, 7) is 0.228. The normalized spacial score (nSPS) is 20.8. The van der Waals surface area contributed by atoms with E-state index in [4.69, 9.17) is 0 Å². The Bertz CT molecular complexity index is 607. The van der Waals surface area contributed by atoms with Gasteiger partial charge in [-0.3, -0.25) is 4.40 Å². The van der Waals surface area contributed by atoms with Crippen molar-refractivity contribution in [2.75, 3.05) is 18.0 Å². The molecule has 3 rings (SSSR count). The lowest BCUT2D eigenvalue weighted by Gasteiger charge is -2.34. The van der Waals surface area contributed by atoms with Crippen molar-refractivity contribution < 1.29 is 18.3 Å². The highest BCUT2D eigenvalue weighted by Crippen LogP contribution is 2.36. The molecule has 1 N–H and O–H groups in total. The Hall–Kier alpha value is -1.28. The van der Waals surface area contributed by atoms with E-state index in [1.54, 1.807) is 15.5 Å². The van der Waals surface area contributed by atoms with Crippen LogP contribution in [0.25, 0.3) is 4.96 Å². The Morgan fingerprint density at radius 1 is 1.45 bits per heavy atom. The molecule has 1 aliphatic heterocycles. The van der Waals surface area contributed by atoms with Gasteiger partial charge in [-0.25, -0.2) is 4.98 Å². The van der Waals surface area contributed by atoms with E-state index in [0.717, 1.165) is 0 Å². The fraction of sp³-hybridized carbons (Fsp3) is 0.583. The molecule has 0 aliphatic carbocycles. The Labute approximate surface area is 117 Å². The Morgan fingerprint density at radius 2 is 2.25 bits per heavy atom. The highest BCUT2D eigenvalue weighted by Gasteiger charge is 2.42. The van der Waals surface area contributed by atoms with Gasteiger partial charge in [-0.05, 0) is 12.8 Å². The van der Waals surface area contributed by atoms with Crippen molar-refractivity contribution in [1.29, 1.82) is 0 Å². The van der Waals surface area contributed by atoms with Crippen molar-refractivity contribution in [1.82, 2.24) is 9.38 Å². The van der Waals surface area contributed by atoms with Crippen LogP contribution in [0.3, 0.4) is 0 Å². The zero-order valence-electron chi connectivity index (χ0n) is 10.6. The first kappa shape index (κ1) is 13.7. The van der Waals surface area contributed by atoms with Gasteiger partial charge in [0.1, 0.15) is 0 Å². The zero-order valence-corrected chi connectivity index (χ0v) is 11.4. The summed E-state index contributed by atoms with van der Waals surface area (Å²) < 4.78 is 40.3. The minimum absolute atomic E-state index is 0.0820. The summed E-state index contributed by atoms with van der Waals surface area (Å²) in [6, 6.07) is 0. The highest BCUT2D eigenvalue weighted by atomic mass is 32.1. The van der Waals surface area contributed by atoms with Gasteiger partial charge in [-0.1, -0.05) is 0 Å². The monoisotopic (exact) mass is 305 g/mol. The van der Waals surface area contributed by atoms with E-state index < -0.39 is 12.1 Å². The fourth-order valence-electron chi connectivity index (χ4n) is 2.66. The van der Waals surface area contributed by atoms with Crippen LogP contribution in [0.2, 0.25) is 0 Å². The molecule has 1 aliphatic rings. The lowest BCUT2D eigenvalue weighted by Crippen LogP contribution is -2.42. The average Bonchev–Trinajstić information content (AvgIpc) is 2.97. The summed E-state index contributed by atoms with van der Waals surface area (Å²) >= 11 is 1.40.